The van der Waals surface area contributed by atoms with Gasteiger partial charge in [0.05, 0.1) is 5.54 Å². The number of benzene rings is 1. The van der Waals surface area contributed by atoms with E-state index >= 15 is 0 Å². The summed E-state index contributed by atoms with van der Waals surface area (Å²) in [5.74, 6) is -0.491. The van der Waals surface area contributed by atoms with Crippen LogP contribution in [0.3, 0.4) is 0 Å². The van der Waals surface area contributed by atoms with E-state index in [9.17, 15) is 9.18 Å². The Labute approximate surface area is 158 Å². The fourth-order valence-corrected chi connectivity index (χ4v) is 3.97. The standard InChI is InChI=1S/C21H24FN3O2/c22-17-5-3-16(4-6-17)21(8-13-27-14-9-21)24-20(26)19-15-18(7-10-23-19)25-11-1-2-12-25/h3-7,10,15H,1-2,8-9,11-14H2,(H,24,26). The molecule has 1 aromatic carbocycles. The Morgan fingerprint density at radius 1 is 1.11 bits per heavy atom. The summed E-state index contributed by atoms with van der Waals surface area (Å²) in [4.78, 5) is 19.6. The van der Waals surface area contributed by atoms with Crippen LogP contribution in [-0.4, -0.2) is 37.2 Å². The molecular formula is C21H24FN3O2. The highest BCUT2D eigenvalue weighted by molar-refractivity contribution is 5.93. The molecule has 1 amide bonds. The maximum Gasteiger partial charge on any atom is 0.270 e. The fraction of sp³-hybridized carbons (Fsp3) is 0.429. The van der Waals surface area contributed by atoms with Gasteiger partial charge in [0.2, 0.25) is 0 Å². The van der Waals surface area contributed by atoms with Crippen LogP contribution in [0.5, 0.6) is 0 Å². The average molecular weight is 369 g/mol. The first kappa shape index (κ1) is 17.9. The molecule has 142 valence electrons. The summed E-state index contributed by atoms with van der Waals surface area (Å²) in [6, 6.07) is 10.2. The van der Waals surface area contributed by atoms with Crippen molar-refractivity contribution >= 4 is 11.6 Å². The van der Waals surface area contributed by atoms with Crippen molar-refractivity contribution in [1.82, 2.24) is 10.3 Å². The van der Waals surface area contributed by atoms with Crippen molar-refractivity contribution in [3.8, 4) is 0 Å². The van der Waals surface area contributed by atoms with E-state index in [2.05, 4.69) is 15.2 Å². The van der Waals surface area contributed by atoms with Crippen LogP contribution in [0.4, 0.5) is 10.1 Å². The molecule has 0 radical (unpaired) electrons. The Morgan fingerprint density at radius 2 is 1.81 bits per heavy atom. The van der Waals surface area contributed by atoms with Crippen LogP contribution in [0.2, 0.25) is 0 Å². The van der Waals surface area contributed by atoms with Gasteiger partial charge in [0, 0.05) is 38.2 Å². The van der Waals surface area contributed by atoms with Crippen molar-refractivity contribution in [2.75, 3.05) is 31.2 Å². The minimum atomic E-state index is -0.561. The topological polar surface area (TPSA) is 54.5 Å². The predicted molar refractivity (Wildman–Crippen MR) is 101 cm³/mol. The normalized spacial score (nSPS) is 19.1. The second-order valence-electron chi connectivity index (χ2n) is 7.25. The van der Waals surface area contributed by atoms with Gasteiger partial charge >= 0.3 is 0 Å². The van der Waals surface area contributed by atoms with E-state index < -0.39 is 5.54 Å². The first-order chi connectivity index (χ1) is 13.2. The van der Waals surface area contributed by atoms with Gasteiger partial charge in [-0.15, -0.1) is 0 Å². The van der Waals surface area contributed by atoms with Crippen molar-refractivity contribution < 1.29 is 13.9 Å². The molecule has 0 bridgehead atoms. The molecule has 0 unspecified atom stereocenters. The minimum Gasteiger partial charge on any atom is -0.381 e. The van der Waals surface area contributed by atoms with E-state index in [-0.39, 0.29) is 11.7 Å². The lowest BCUT2D eigenvalue weighted by atomic mass is 9.82. The van der Waals surface area contributed by atoms with E-state index in [0.717, 1.165) is 24.3 Å². The van der Waals surface area contributed by atoms with Crippen LogP contribution in [0.1, 0.15) is 41.7 Å². The lowest BCUT2D eigenvalue weighted by molar-refractivity contribution is 0.0344. The first-order valence-electron chi connectivity index (χ1n) is 9.54. The van der Waals surface area contributed by atoms with Crippen LogP contribution < -0.4 is 10.2 Å². The number of halogens is 1. The second kappa shape index (κ2) is 7.64. The molecule has 1 N–H and O–H groups in total. The number of amides is 1. The number of rotatable bonds is 4. The molecule has 2 aliphatic rings. The Morgan fingerprint density at radius 3 is 2.52 bits per heavy atom. The number of aromatic nitrogens is 1. The number of carbonyl (C=O) groups is 1. The molecule has 3 heterocycles. The molecule has 0 spiro atoms. The van der Waals surface area contributed by atoms with E-state index in [0.29, 0.717) is 31.7 Å². The highest BCUT2D eigenvalue weighted by Crippen LogP contribution is 2.33. The predicted octanol–water partition coefficient (Wildman–Crippen LogP) is 3.26. The summed E-state index contributed by atoms with van der Waals surface area (Å²) >= 11 is 0. The smallest absolute Gasteiger partial charge is 0.270 e. The zero-order valence-electron chi connectivity index (χ0n) is 15.3. The molecule has 5 nitrogen and oxygen atoms in total. The van der Waals surface area contributed by atoms with Crippen LogP contribution in [0.15, 0.2) is 42.6 Å². The first-order valence-corrected chi connectivity index (χ1v) is 9.54. The van der Waals surface area contributed by atoms with Gasteiger partial charge in [-0.25, -0.2) is 4.39 Å². The van der Waals surface area contributed by atoms with Gasteiger partial charge < -0.3 is 15.0 Å². The molecule has 0 atom stereocenters. The third-order valence-corrected chi connectivity index (χ3v) is 5.54. The molecule has 4 rings (SSSR count). The summed E-state index contributed by atoms with van der Waals surface area (Å²) in [5.41, 5.74) is 1.79. The van der Waals surface area contributed by atoms with Gasteiger partial charge in [-0.05, 0) is 55.5 Å². The van der Waals surface area contributed by atoms with E-state index in [1.54, 1.807) is 18.3 Å². The monoisotopic (exact) mass is 369 g/mol. The Balaban J connectivity index is 1.58. The van der Waals surface area contributed by atoms with Gasteiger partial charge in [0.15, 0.2) is 0 Å². The summed E-state index contributed by atoms with van der Waals surface area (Å²) in [6.07, 6.45) is 5.35. The number of anilines is 1. The summed E-state index contributed by atoms with van der Waals surface area (Å²) in [6.45, 7) is 3.14. The average Bonchev–Trinajstić information content (AvgIpc) is 3.24. The lowest BCUT2D eigenvalue weighted by Gasteiger charge is -2.38. The van der Waals surface area contributed by atoms with E-state index in [4.69, 9.17) is 4.74 Å². The lowest BCUT2D eigenvalue weighted by Crippen LogP contribution is -2.49. The van der Waals surface area contributed by atoms with Gasteiger partial charge in [0.1, 0.15) is 11.5 Å². The molecule has 2 fully saturated rings. The molecule has 6 heteroatoms. The van der Waals surface area contributed by atoms with Crippen molar-refractivity contribution in [3.05, 3.63) is 59.7 Å². The quantitative estimate of drug-likeness (QED) is 0.899. The van der Waals surface area contributed by atoms with Gasteiger partial charge in [-0.1, -0.05) is 12.1 Å². The molecule has 0 aliphatic carbocycles. The SMILES string of the molecule is O=C(NC1(c2ccc(F)cc2)CCOCC1)c1cc(N2CCCC2)ccn1. The number of pyridine rings is 1. The van der Waals surface area contributed by atoms with Crippen molar-refractivity contribution in [1.29, 1.82) is 0 Å². The number of nitrogens with zero attached hydrogens (tertiary/aromatic N) is 2. The van der Waals surface area contributed by atoms with Crippen molar-refractivity contribution in [2.24, 2.45) is 0 Å². The number of nitrogens with one attached hydrogen (secondary N) is 1. The van der Waals surface area contributed by atoms with Crippen LogP contribution in [-0.2, 0) is 10.3 Å². The highest BCUT2D eigenvalue weighted by Gasteiger charge is 2.36. The maximum atomic E-state index is 13.4. The second-order valence-corrected chi connectivity index (χ2v) is 7.25. The highest BCUT2D eigenvalue weighted by atomic mass is 19.1. The molecule has 27 heavy (non-hydrogen) atoms. The van der Waals surface area contributed by atoms with Gasteiger partial charge in [-0.3, -0.25) is 9.78 Å². The summed E-state index contributed by atoms with van der Waals surface area (Å²) in [5, 5.41) is 3.18. The van der Waals surface area contributed by atoms with Crippen LogP contribution in [0.25, 0.3) is 0 Å². The van der Waals surface area contributed by atoms with Gasteiger partial charge in [0.25, 0.3) is 5.91 Å². The molecule has 1 aromatic heterocycles. The van der Waals surface area contributed by atoms with Crippen LogP contribution >= 0.6 is 0 Å². The number of carbonyl (C=O) groups excluding carboxylic acids is 1. The number of ether oxygens (including phenoxy) is 1. The molecular weight excluding hydrogens is 345 g/mol. The number of hydrogen-bond acceptors (Lipinski definition) is 4. The minimum absolute atomic E-state index is 0.206. The molecule has 2 saturated heterocycles. The molecule has 2 aromatic rings. The zero-order valence-corrected chi connectivity index (χ0v) is 15.3. The Bertz CT molecular complexity index is 797. The fourth-order valence-electron chi connectivity index (χ4n) is 3.97. The zero-order chi connectivity index (χ0) is 18.7. The van der Waals surface area contributed by atoms with Gasteiger partial charge in [-0.2, -0.15) is 0 Å². The Kier molecular flexibility index (Phi) is 5.07. The number of hydrogen-bond donors (Lipinski definition) is 1. The maximum absolute atomic E-state index is 13.4. The molecule has 2 aliphatic heterocycles. The Hall–Kier alpha value is -2.47. The van der Waals surface area contributed by atoms with E-state index in [1.165, 1.54) is 25.0 Å². The van der Waals surface area contributed by atoms with Crippen molar-refractivity contribution in [2.45, 2.75) is 31.2 Å². The van der Waals surface area contributed by atoms with E-state index in [1.807, 2.05) is 12.1 Å². The summed E-state index contributed by atoms with van der Waals surface area (Å²) in [7, 11) is 0. The molecule has 0 saturated carbocycles. The third-order valence-electron chi connectivity index (χ3n) is 5.54. The third kappa shape index (κ3) is 3.81. The largest absolute Gasteiger partial charge is 0.381 e. The van der Waals surface area contributed by atoms with Crippen LogP contribution in [0, 0.1) is 5.82 Å². The summed E-state index contributed by atoms with van der Waals surface area (Å²) < 4.78 is 18.9. The van der Waals surface area contributed by atoms with Crippen molar-refractivity contribution in [3.63, 3.8) is 0 Å².